The molecule has 0 amide bonds. The van der Waals surface area contributed by atoms with E-state index in [9.17, 15) is 4.79 Å². The van der Waals surface area contributed by atoms with Crippen molar-refractivity contribution in [3.8, 4) is 17.0 Å². The van der Waals surface area contributed by atoms with Crippen molar-refractivity contribution in [1.29, 1.82) is 0 Å². The van der Waals surface area contributed by atoms with Gasteiger partial charge in [0.05, 0.1) is 19.0 Å². The lowest BCUT2D eigenvalue weighted by atomic mass is 9.95. The minimum Gasteiger partial charge on any atom is -0.495 e. The van der Waals surface area contributed by atoms with Gasteiger partial charge in [0.2, 0.25) is 0 Å². The van der Waals surface area contributed by atoms with Crippen molar-refractivity contribution in [2.75, 3.05) is 7.11 Å². The van der Waals surface area contributed by atoms with E-state index in [1.54, 1.807) is 25.6 Å². The first-order chi connectivity index (χ1) is 8.90. The summed E-state index contributed by atoms with van der Waals surface area (Å²) in [6.07, 6.45) is 3.28. The molecule has 0 radical (unpaired) electrons. The predicted octanol–water partition coefficient (Wildman–Crippen LogP) is 2.14. The lowest BCUT2D eigenvalue weighted by Gasteiger charge is -2.17. The molecular weight excluding hydrogens is 242 g/mol. The Morgan fingerprint density at radius 2 is 1.95 bits per heavy atom. The number of nitrogens with zero attached hydrogens (tertiary/aromatic N) is 2. The Bertz CT molecular complexity index is 642. The van der Waals surface area contributed by atoms with E-state index in [4.69, 9.17) is 4.74 Å². The second-order valence-corrected chi connectivity index (χ2v) is 5.34. The van der Waals surface area contributed by atoms with Gasteiger partial charge in [0, 0.05) is 23.2 Å². The van der Waals surface area contributed by atoms with E-state index in [0.29, 0.717) is 17.3 Å². The van der Waals surface area contributed by atoms with Gasteiger partial charge in [-0.05, 0) is 6.07 Å². The number of methoxy groups -OCH3 is 1. The molecule has 2 aromatic rings. The largest absolute Gasteiger partial charge is 0.495 e. The number of aromatic nitrogens is 3. The molecule has 100 valence electrons. The van der Waals surface area contributed by atoms with Crippen molar-refractivity contribution in [3.05, 3.63) is 40.7 Å². The summed E-state index contributed by atoms with van der Waals surface area (Å²) in [4.78, 5) is 23.1. The summed E-state index contributed by atoms with van der Waals surface area (Å²) in [6, 6.07) is 3.27. The van der Waals surface area contributed by atoms with Gasteiger partial charge in [-0.3, -0.25) is 9.78 Å². The first kappa shape index (κ1) is 13.3. The highest BCUT2D eigenvalue weighted by Crippen LogP contribution is 2.22. The minimum atomic E-state index is -0.221. The number of nitrogens with one attached hydrogen (secondary N) is 1. The Morgan fingerprint density at radius 3 is 2.58 bits per heavy atom. The van der Waals surface area contributed by atoms with E-state index in [0.717, 1.165) is 5.56 Å². The second-order valence-electron chi connectivity index (χ2n) is 5.34. The third kappa shape index (κ3) is 2.99. The zero-order valence-corrected chi connectivity index (χ0v) is 11.5. The summed E-state index contributed by atoms with van der Waals surface area (Å²) in [5, 5.41) is 0. The van der Waals surface area contributed by atoms with Gasteiger partial charge in [-0.1, -0.05) is 20.8 Å². The smallest absolute Gasteiger partial charge is 0.251 e. The molecule has 2 aromatic heterocycles. The molecule has 5 nitrogen and oxygen atoms in total. The van der Waals surface area contributed by atoms with Gasteiger partial charge in [-0.2, -0.15) is 0 Å². The molecule has 0 atom stereocenters. The van der Waals surface area contributed by atoms with Crippen LogP contribution in [-0.4, -0.2) is 22.1 Å². The number of hydrogen-bond acceptors (Lipinski definition) is 4. The van der Waals surface area contributed by atoms with Gasteiger partial charge < -0.3 is 9.72 Å². The van der Waals surface area contributed by atoms with E-state index in [2.05, 4.69) is 15.0 Å². The van der Waals surface area contributed by atoms with Crippen LogP contribution in [0.1, 0.15) is 26.6 Å². The molecule has 19 heavy (non-hydrogen) atoms. The Kier molecular flexibility index (Phi) is 3.38. The molecule has 0 aromatic carbocycles. The fourth-order valence-electron chi connectivity index (χ4n) is 1.63. The third-order valence-electron chi connectivity index (χ3n) is 2.70. The second kappa shape index (κ2) is 4.84. The zero-order chi connectivity index (χ0) is 14.0. The third-order valence-corrected chi connectivity index (χ3v) is 2.70. The number of hydrogen-bond donors (Lipinski definition) is 1. The average molecular weight is 259 g/mol. The Hall–Kier alpha value is -2.17. The zero-order valence-electron chi connectivity index (χ0n) is 11.5. The van der Waals surface area contributed by atoms with Crippen LogP contribution in [0.25, 0.3) is 11.3 Å². The van der Waals surface area contributed by atoms with Gasteiger partial charge in [-0.15, -0.1) is 0 Å². The summed E-state index contributed by atoms with van der Waals surface area (Å²) < 4.78 is 5.13. The van der Waals surface area contributed by atoms with Crippen LogP contribution in [0.4, 0.5) is 0 Å². The van der Waals surface area contributed by atoms with Crippen LogP contribution in [0.2, 0.25) is 0 Å². The lowest BCUT2D eigenvalue weighted by Crippen LogP contribution is -2.21. The van der Waals surface area contributed by atoms with Gasteiger partial charge in [0.25, 0.3) is 5.56 Å². The highest BCUT2D eigenvalue weighted by molar-refractivity contribution is 5.59. The quantitative estimate of drug-likeness (QED) is 0.897. The van der Waals surface area contributed by atoms with Crippen molar-refractivity contribution in [3.63, 3.8) is 0 Å². The highest BCUT2D eigenvalue weighted by Gasteiger charge is 2.18. The highest BCUT2D eigenvalue weighted by atomic mass is 16.5. The number of ether oxygens (including phenoxy) is 1. The van der Waals surface area contributed by atoms with E-state index in [1.165, 1.54) is 6.07 Å². The van der Waals surface area contributed by atoms with Crippen molar-refractivity contribution >= 4 is 0 Å². The van der Waals surface area contributed by atoms with Crippen molar-refractivity contribution in [2.45, 2.75) is 26.2 Å². The number of rotatable bonds is 2. The normalized spacial score (nSPS) is 11.4. The fourth-order valence-corrected chi connectivity index (χ4v) is 1.63. The number of H-pyrrole nitrogens is 1. The van der Waals surface area contributed by atoms with Crippen LogP contribution in [0.3, 0.4) is 0 Å². The summed E-state index contributed by atoms with van der Waals surface area (Å²) in [5.41, 5.74) is 0.968. The van der Waals surface area contributed by atoms with Gasteiger partial charge in [-0.25, -0.2) is 4.98 Å². The fraction of sp³-hybridized carbons (Fsp3) is 0.357. The van der Waals surface area contributed by atoms with Gasteiger partial charge in [0.15, 0.2) is 0 Å². The Morgan fingerprint density at radius 1 is 1.21 bits per heavy atom. The standard InChI is InChI=1S/C14H17N3O2/c1-14(2,3)13-16-11(6-12(18)17-13)9-5-10(19-4)8-15-7-9/h5-8H,1-4H3,(H,16,17,18). The number of aromatic amines is 1. The summed E-state index contributed by atoms with van der Waals surface area (Å²) in [6.45, 7) is 6.00. The maximum absolute atomic E-state index is 11.7. The predicted molar refractivity (Wildman–Crippen MR) is 73.3 cm³/mol. The molecule has 0 bridgehead atoms. The first-order valence-corrected chi connectivity index (χ1v) is 6.01. The van der Waals surface area contributed by atoms with Crippen LogP contribution in [0.15, 0.2) is 29.3 Å². The SMILES string of the molecule is COc1cncc(-c2cc(=O)[nH]c(C(C)(C)C)n2)c1. The molecule has 2 rings (SSSR count). The molecule has 0 aliphatic carbocycles. The van der Waals surface area contributed by atoms with E-state index < -0.39 is 0 Å². The molecule has 5 heteroatoms. The summed E-state index contributed by atoms with van der Waals surface area (Å²) >= 11 is 0. The monoisotopic (exact) mass is 259 g/mol. The maximum atomic E-state index is 11.7. The first-order valence-electron chi connectivity index (χ1n) is 6.01. The van der Waals surface area contributed by atoms with Crippen LogP contribution < -0.4 is 10.3 Å². The van der Waals surface area contributed by atoms with Crippen LogP contribution in [0.5, 0.6) is 5.75 Å². The van der Waals surface area contributed by atoms with E-state index in [-0.39, 0.29) is 11.0 Å². The topological polar surface area (TPSA) is 67.9 Å². The molecule has 0 aliphatic heterocycles. The van der Waals surface area contributed by atoms with E-state index in [1.807, 2.05) is 20.8 Å². The molecule has 0 unspecified atom stereocenters. The molecule has 2 heterocycles. The van der Waals surface area contributed by atoms with Gasteiger partial charge in [0.1, 0.15) is 11.6 Å². The lowest BCUT2D eigenvalue weighted by molar-refractivity contribution is 0.413. The molecule has 0 saturated heterocycles. The van der Waals surface area contributed by atoms with Crippen molar-refractivity contribution < 1.29 is 4.74 Å². The summed E-state index contributed by atoms with van der Waals surface area (Å²) in [5.74, 6) is 1.29. The minimum absolute atomic E-state index is 0.169. The van der Waals surface area contributed by atoms with Crippen molar-refractivity contribution in [2.24, 2.45) is 0 Å². The average Bonchev–Trinajstić information content (AvgIpc) is 2.37. The maximum Gasteiger partial charge on any atom is 0.251 e. The van der Waals surface area contributed by atoms with Crippen molar-refractivity contribution in [1.82, 2.24) is 15.0 Å². The van der Waals surface area contributed by atoms with Crippen LogP contribution in [-0.2, 0) is 5.41 Å². The van der Waals surface area contributed by atoms with Crippen LogP contribution in [0, 0.1) is 0 Å². The van der Waals surface area contributed by atoms with E-state index >= 15 is 0 Å². The Labute approximate surface area is 111 Å². The molecule has 0 saturated carbocycles. The Balaban J connectivity index is 2.56. The molecule has 1 N–H and O–H groups in total. The number of pyridine rings is 1. The molecular formula is C14H17N3O2. The van der Waals surface area contributed by atoms with Crippen LogP contribution >= 0.6 is 0 Å². The van der Waals surface area contributed by atoms with Gasteiger partial charge >= 0.3 is 0 Å². The molecule has 0 spiro atoms. The molecule has 0 fully saturated rings. The summed E-state index contributed by atoms with van der Waals surface area (Å²) in [7, 11) is 1.58. The molecule has 0 aliphatic rings.